The maximum Gasteiger partial charge on any atom is 0.269 e. The number of ether oxygens (including phenoxy) is 1. The van der Waals surface area contributed by atoms with Gasteiger partial charge in [0.15, 0.2) is 0 Å². The van der Waals surface area contributed by atoms with Crippen molar-refractivity contribution in [1.82, 2.24) is 14.1 Å². The van der Waals surface area contributed by atoms with E-state index < -0.39 is 308 Å². The summed E-state index contributed by atoms with van der Waals surface area (Å²) in [5.41, 5.74) is -14.0. The number of aryl methyl sites for hydroxylation is 3. The van der Waals surface area contributed by atoms with Crippen LogP contribution in [0.2, 0.25) is 0 Å². The van der Waals surface area contributed by atoms with Gasteiger partial charge in [-0.3, -0.25) is 13.7 Å². The van der Waals surface area contributed by atoms with Crippen LogP contribution in [0.1, 0.15) is 97.9 Å². The molecule has 0 aliphatic heterocycles. The molecule has 0 saturated heterocycles. The summed E-state index contributed by atoms with van der Waals surface area (Å²) in [5.74, 6) is 0.0568. The summed E-state index contributed by atoms with van der Waals surface area (Å²) in [4.78, 5) is 4.70. The van der Waals surface area contributed by atoms with E-state index in [-0.39, 0.29) is 56.3 Å². The molecule has 3 heterocycles. The second kappa shape index (κ2) is 24.5. The molecule has 0 atom stereocenters. The molecule has 0 aliphatic carbocycles. The van der Waals surface area contributed by atoms with Crippen LogP contribution in [0.4, 0.5) is 0 Å². The molecule has 3 aromatic heterocycles. The molecular weight excluding hydrogens is 1170 g/mol. The van der Waals surface area contributed by atoms with Crippen LogP contribution in [0.5, 0.6) is 11.5 Å². The Morgan fingerprint density at radius 3 is 1.48 bits per heavy atom. The van der Waals surface area contributed by atoms with Crippen molar-refractivity contribution >= 4 is 32.8 Å². The lowest BCUT2D eigenvalue weighted by Gasteiger charge is -2.26. The standard InChI is InChI=1S/C91H70N4O/c1-60-26-24-27-61(2)89(60)68-42-45-85-87(53-68)93(76-38-25-39-77(56-76)96-78-43-44-80-79-40-22-23-41-84(79)95(86(80)57-78)88-46-62(3)83(58-92-88)67-36-20-11-21-37-67)59-94(85)90-81(73-49-69(63-28-12-7-13-29-63)47-70(50-73)64-30-14-8-15-31-64)54-75(91(4,5)6)55-82(90)74-51-71(65-32-16-9-17-33-65)48-72(52-74)66-34-18-10-19-35-66/h7-58H,1-6H3/i1D3,2D3,3D3,7D,8D,9D,10D,11D,12D,13D,14D,15D,16D,17D,18D,19D,20D,21D,28D,29D,30D,31D,32D,33D,34D,35D,36D,37D,47D,48D,49D,50D,51D,52D. The Hall–Kier alpha value is -11.9. The van der Waals surface area contributed by atoms with E-state index in [1.54, 1.807) is 67.8 Å². The van der Waals surface area contributed by atoms with E-state index in [0.29, 0.717) is 21.8 Å². The molecule has 0 bridgehead atoms. The number of pyridine rings is 1. The smallest absolute Gasteiger partial charge is 0.269 e. The third-order valence-corrected chi connectivity index (χ3v) is 16.1. The van der Waals surface area contributed by atoms with Gasteiger partial charge in [0.2, 0.25) is 0 Å². The Bertz CT molecular complexity index is 7360. The summed E-state index contributed by atoms with van der Waals surface area (Å²) < 4.78 is 381. The molecule has 0 radical (unpaired) electrons. The van der Waals surface area contributed by atoms with Crippen LogP contribution < -0.4 is 9.30 Å². The average Bonchev–Trinajstić information content (AvgIpc) is 1.35. The van der Waals surface area contributed by atoms with Crippen molar-refractivity contribution in [2.75, 3.05) is 0 Å². The van der Waals surface area contributed by atoms with Crippen LogP contribution in [0.25, 0.3) is 139 Å². The zero-order chi connectivity index (χ0) is 99.5. The van der Waals surface area contributed by atoms with Crippen molar-refractivity contribution in [1.29, 1.82) is 0 Å². The summed E-state index contributed by atoms with van der Waals surface area (Å²) in [5, 5.41) is 1.19. The maximum absolute atomic E-state index is 10.8. The number of para-hydroxylation sites is 1. The van der Waals surface area contributed by atoms with Crippen molar-refractivity contribution in [3.63, 3.8) is 0 Å². The number of nitrogens with zero attached hydrogens (tertiary/aromatic N) is 4. The number of hydrogen-bond donors (Lipinski definition) is 0. The van der Waals surface area contributed by atoms with Gasteiger partial charge in [-0.05, 0) is 216 Å². The highest BCUT2D eigenvalue weighted by Crippen LogP contribution is 2.45. The quantitative estimate of drug-likeness (QED) is 0.0852. The summed E-state index contributed by atoms with van der Waals surface area (Å²) >= 11 is 0. The number of imidazole rings is 1. The van der Waals surface area contributed by atoms with Gasteiger partial charge in [-0.25, -0.2) is 4.98 Å². The highest BCUT2D eigenvalue weighted by Gasteiger charge is 2.27. The van der Waals surface area contributed by atoms with Gasteiger partial charge < -0.3 is 4.74 Å². The lowest BCUT2D eigenvalue weighted by Crippen LogP contribution is -2.32. The zero-order valence-electron chi connectivity index (χ0n) is 90.8. The first-order valence-corrected chi connectivity index (χ1v) is 29.8. The Morgan fingerprint density at radius 1 is 0.417 bits per heavy atom. The van der Waals surface area contributed by atoms with Crippen LogP contribution in [0.3, 0.4) is 0 Å². The van der Waals surface area contributed by atoms with Crippen molar-refractivity contribution in [3.8, 4) is 118 Å². The lowest BCUT2D eigenvalue weighted by atomic mass is 9.81. The first kappa shape index (κ1) is 30.0. The molecule has 0 saturated carbocycles. The van der Waals surface area contributed by atoms with Crippen molar-refractivity contribution < 1.29 is 64.1 Å². The van der Waals surface area contributed by atoms with Crippen LogP contribution in [-0.4, -0.2) is 14.1 Å². The van der Waals surface area contributed by atoms with Gasteiger partial charge in [0, 0.05) is 40.9 Å². The molecule has 5 nitrogen and oxygen atoms in total. The molecular formula is C91H70N4O. The zero-order valence-corrected chi connectivity index (χ0v) is 50.8. The number of fused-ring (bicyclic) bond motifs is 4. The molecule has 5 heteroatoms. The average molecular weight is 1280 g/mol. The van der Waals surface area contributed by atoms with Crippen LogP contribution >= 0.6 is 0 Å². The van der Waals surface area contributed by atoms with Gasteiger partial charge in [0.05, 0.1) is 75.9 Å². The van der Waals surface area contributed by atoms with E-state index in [2.05, 4.69) is 6.33 Å². The van der Waals surface area contributed by atoms with E-state index in [1.165, 1.54) is 88.0 Å². The molecule has 0 aliphatic rings. The fourth-order valence-corrected chi connectivity index (χ4v) is 11.6. The second-order valence-electron chi connectivity index (χ2n) is 23.1. The lowest BCUT2D eigenvalue weighted by molar-refractivity contribution is -0.571. The number of rotatable bonds is 13. The fraction of sp³-hybridized carbons (Fsp3) is 0.0769. The summed E-state index contributed by atoms with van der Waals surface area (Å²) in [6, 6.07) is -1.38. The Kier molecular flexibility index (Phi) is 7.66. The van der Waals surface area contributed by atoms with Gasteiger partial charge in [-0.1, -0.05) is 239 Å². The minimum absolute atomic E-state index is 0.00416. The molecule has 0 unspecified atom stereocenters. The fourth-order valence-electron chi connectivity index (χ4n) is 11.6. The van der Waals surface area contributed by atoms with E-state index in [1.807, 2.05) is 0 Å². The largest absolute Gasteiger partial charge is 0.458 e. The SMILES string of the molecule is [2H]c1c([2H])c([2H])c(-c2cnc(-n3c4ccccc4c4ccc(Oc5cccc(-n6[c-][n+](-c7c(-c8c([2H])c(-c9c([2H])c([2H])c([2H])c([2H])c9[2H])c([2H])c(-c9c([2H])c([2H])c([2H])c([2H])c9[2H])c8[2H])cc(C(C)(C)C)cc7-c7c([2H])c(-c8c([2H])c([2H])c([2H])c([2H])c8[2H])c([2H])c(-c8c([2H])c([2H])c([2H])c([2H])c8[2H])c7[2H])c7ccc(-c8c(C([2H])([2H])[2H])cccc8C([2H])([2H])[2H])cc76)c5)cc43)cc2C([2H])([2H])[2H])c([2H])c1[2H]. The molecule has 0 amide bonds. The molecule has 0 N–H and O–H groups in total. The molecule has 0 fully saturated rings. The monoisotopic (exact) mass is 1270 g/mol. The normalized spacial score (nSPS) is 17.9. The van der Waals surface area contributed by atoms with Crippen LogP contribution in [-0.2, 0) is 5.41 Å². The van der Waals surface area contributed by atoms with Crippen LogP contribution in [0, 0.1) is 26.9 Å². The summed E-state index contributed by atoms with van der Waals surface area (Å²) in [6.07, 6.45) is 4.44. The first-order valence-electron chi connectivity index (χ1n) is 49.8. The highest BCUT2D eigenvalue weighted by atomic mass is 16.5. The summed E-state index contributed by atoms with van der Waals surface area (Å²) in [7, 11) is 0. The molecule has 16 aromatic rings. The number of hydrogen-bond acceptors (Lipinski definition) is 2. The molecule has 96 heavy (non-hydrogen) atoms. The Labute approximate surface area is 618 Å². The van der Waals surface area contributed by atoms with E-state index in [0.717, 1.165) is 6.20 Å². The van der Waals surface area contributed by atoms with Gasteiger partial charge in [-0.2, -0.15) is 0 Å². The highest BCUT2D eigenvalue weighted by molar-refractivity contribution is 6.09. The van der Waals surface area contributed by atoms with Crippen molar-refractivity contribution in [2.24, 2.45) is 0 Å². The minimum Gasteiger partial charge on any atom is -0.458 e. The minimum atomic E-state index is -3.07. The topological polar surface area (TPSA) is 35.9 Å². The van der Waals surface area contributed by atoms with E-state index in [4.69, 9.17) is 45.4 Å². The van der Waals surface area contributed by atoms with Crippen molar-refractivity contribution in [2.45, 2.75) is 46.7 Å². The van der Waals surface area contributed by atoms with Gasteiger partial charge in [-0.15, -0.1) is 0 Å². The summed E-state index contributed by atoms with van der Waals surface area (Å²) in [6.45, 7) is -4.25. The molecule has 0 spiro atoms. The molecule has 13 aromatic carbocycles. The second-order valence-corrected chi connectivity index (χ2v) is 23.1. The van der Waals surface area contributed by atoms with Crippen LogP contribution in [0.15, 0.2) is 315 Å². The number of aromatic nitrogens is 4. The predicted molar refractivity (Wildman–Crippen MR) is 399 cm³/mol. The van der Waals surface area contributed by atoms with Crippen molar-refractivity contribution in [3.05, 3.63) is 343 Å². The van der Waals surface area contributed by atoms with Gasteiger partial charge >= 0.3 is 0 Å². The predicted octanol–water partition coefficient (Wildman–Crippen LogP) is 23.6. The Balaban J connectivity index is 1.08. The maximum atomic E-state index is 10.8. The Morgan fingerprint density at radius 2 is 0.927 bits per heavy atom. The van der Waals surface area contributed by atoms with Gasteiger partial charge in [0.25, 0.3) is 6.33 Å². The van der Waals surface area contributed by atoms with E-state index in [9.17, 15) is 19.2 Å². The third-order valence-electron chi connectivity index (χ3n) is 16.1. The molecule has 16 rings (SSSR count). The number of benzene rings is 13. The van der Waals surface area contributed by atoms with Gasteiger partial charge in [0.1, 0.15) is 17.3 Å². The molecule has 460 valence electrons. The first-order chi connectivity index (χ1) is 63.5. The van der Waals surface area contributed by atoms with E-state index >= 15 is 0 Å². The third kappa shape index (κ3) is 11.1.